The van der Waals surface area contributed by atoms with Gasteiger partial charge in [0.05, 0.1) is 16.9 Å². The molecule has 1 amide bonds. The van der Waals surface area contributed by atoms with Crippen molar-refractivity contribution in [3.63, 3.8) is 0 Å². The summed E-state index contributed by atoms with van der Waals surface area (Å²) in [7, 11) is 7.34. The summed E-state index contributed by atoms with van der Waals surface area (Å²) in [5.41, 5.74) is 7.66. The van der Waals surface area contributed by atoms with E-state index in [1.54, 1.807) is 18.0 Å². The molecule has 1 aliphatic carbocycles. The Balaban J connectivity index is 1.50. The molecular formula is C21H16BN5O2. The smallest absolute Gasteiger partial charge is 0.267 e. The van der Waals surface area contributed by atoms with Crippen LogP contribution in [-0.2, 0) is 4.79 Å². The Morgan fingerprint density at radius 3 is 2.86 bits per heavy atom. The van der Waals surface area contributed by atoms with Crippen LogP contribution in [0.1, 0.15) is 12.0 Å². The number of hydrogen-bond acceptors (Lipinski definition) is 6. The second-order valence-corrected chi connectivity index (χ2v) is 7.45. The SMILES string of the molecule is [B]c1nc(N)c2nc(-c3cccc(C#C[C@]4(O)C(=O)N(C)[C@H]5C[C@H]54)c3)ccc2n1. The topological polar surface area (TPSA) is 105 Å². The van der Waals surface area contributed by atoms with E-state index in [2.05, 4.69) is 26.8 Å². The summed E-state index contributed by atoms with van der Waals surface area (Å²) in [5.74, 6) is 5.56. The maximum atomic E-state index is 12.3. The van der Waals surface area contributed by atoms with Crippen LogP contribution in [0.2, 0.25) is 0 Å². The van der Waals surface area contributed by atoms with Gasteiger partial charge in [-0.1, -0.05) is 24.0 Å². The number of benzene rings is 1. The normalized spacial score (nSPS) is 24.9. The molecule has 140 valence electrons. The highest BCUT2D eigenvalue weighted by Crippen LogP contribution is 2.50. The van der Waals surface area contributed by atoms with E-state index in [0.717, 1.165) is 12.0 Å². The minimum absolute atomic E-state index is 0.102. The minimum Gasteiger partial charge on any atom is -0.382 e. The number of likely N-dealkylation sites (tertiary alicyclic amines) is 1. The molecule has 2 aromatic heterocycles. The first-order valence-electron chi connectivity index (χ1n) is 9.20. The van der Waals surface area contributed by atoms with Gasteiger partial charge in [-0.15, -0.1) is 0 Å². The van der Waals surface area contributed by atoms with Crippen LogP contribution in [-0.4, -0.2) is 57.4 Å². The molecule has 3 N–H and O–H groups in total. The Morgan fingerprint density at radius 2 is 2.10 bits per heavy atom. The lowest BCUT2D eigenvalue weighted by Gasteiger charge is -2.18. The molecule has 0 unspecified atom stereocenters. The van der Waals surface area contributed by atoms with Gasteiger partial charge < -0.3 is 15.7 Å². The molecule has 7 nitrogen and oxygen atoms in total. The molecule has 3 atom stereocenters. The number of carbonyl (C=O) groups excluding carboxylic acids is 1. The maximum Gasteiger partial charge on any atom is 0.267 e. The number of nitrogens with two attached hydrogens (primary N) is 1. The third-order valence-electron chi connectivity index (χ3n) is 5.58. The number of piperidine rings is 1. The largest absolute Gasteiger partial charge is 0.382 e. The predicted molar refractivity (Wildman–Crippen MR) is 109 cm³/mol. The zero-order valence-corrected chi connectivity index (χ0v) is 15.6. The summed E-state index contributed by atoms with van der Waals surface area (Å²) in [6.07, 6.45) is 0.794. The van der Waals surface area contributed by atoms with E-state index in [9.17, 15) is 9.90 Å². The van der Waals surface area contributed by atoms with Crippen molar-refractivity contribution < 1.29 is 9.90 Å². The van der Waals surface area contributed by atoms with Gasteiger partial charge in [0.25, 0.3) is 5.91 Å². The molecule has 3 heterocycles. The zero-order valence-electron chi connectivity index (χ0n) is 15.6. The number of anilines is 1. The van der Waals surface area contributed by atoms with Crippen molar-refractivity contribution in [2.45, 2.75) is 18.1 Å². The Bertz CT molecular complexity index is 1250. The first-order valence-corrected chi connectivity index (χ1v) is 9.20. The second kappa shape index (κ2) is 6.03. The number of nitrogens with zero attached hydrogens (tertiary/aromatic N) is 4. The molecule has 29 heavy (non-hydrogen) atoms. The van der Waals surface area contributed by atoms with Crippen molar-refractivity contribution in [3.05, 3.63) is 42.0 Å². The number of hydrogen-bond donors (Lipinski definition) is 2. The Kier molecular flexibility index (Phi) is 3.67. The fourth-order valence-electron chi connectivity index (χ4n) is 3.92. The molecular weight excluding hydrogens is 365 g/mol. The molecule has 1 saturated carbocycles. The lowest BCUT2D eigenvalue weighted by atomic mass is 9.98. The quantitative estimate of drug-likeness (QED) is 0.455. The molecule has 2 radical (unpaired) electrons. The van der Waals surface area contributed by atoms with Crippen LogP contribution < -0.4 is 11.5 Å². The van der Waals surface area contributed by atoms with E-state index in [-0.39, 0.29) is 29.4 Å². The molecule has 8 heteroatoms. The highest BCUT2D eigenvalue weighted by molar-refractivity contribution is 6.29. The number of amides is 1. The number of likely N-dealkylation sites (N-methyl/N-ethyl adjacent to an activating group) is 1. The van der Waals surface area contributed by atoms with E-state index >= 15 is 0 Å². The monoisotopic (exact) mass is 381 g/mol. The van der Waals surface area contributed by atoms with Gasteiger partial charge in [0.2, 0.25) is 5.60 Å². The van der Waals surface area contributed by atoms with Crippen molar-refractivity contribution in [1.29, 1.82) is 0 Å². The molecule has 1 saturated heterocycles. The van der Waals surface area contributed by atoms with Crippen LogP contribution in [0.3, 0.4) is 0 Å². The fraction of sp³-hybridized carbons (Fsp3) is 0.238. The average Bonchev–Trinajstić information content (AvgIpc) is 3.49. The van der Waals surface area contributed by atoms with Gasteiger partial charge in [0.15, 0.2) is 13.7 Å². The number of rotatable bonds is 1. The third-order valence-corrected chi connectivity index (χ3v) is 5.58. The molecule has 5 rings (SSSR count). The highest BCUT2D eigenvalue weighted by Gasteiger charge is 2.66. The van der Waals surface area contributed by atoms with Crippen LogP contribution in [0.15, 0.2) is 36.4 Å². The van der Waals surface area contributed by atoms with E-state index in [1.807, 2.05) is 30.3 Å². The van der Waals surface area contributed by atoms with Gasteiger partial charge in [-0.05, 0) is 30.7 Å². The standard InChI is InChI=1S/C21H16BN5O2/c1-27-16-10-13(16)21(29,19(27)28)8-7-11-3-2-4-12(9-11)14-5-6-15-17(24-14)18(23)26-20(22)25-15/h2-6,9,13,16,29H,10H2,1H3,(H2,23,25,26)/t13-,16+,21-/m1/s1. The number of pyridine rings is 1. The summed E-state index contributed by atoms with van der Waals surface area (Å²) in [5, 5.41) is 10.7. The molecule has 0 bridgehead atoms. The summed E-state index contributed by atoms with van der Waals surface area (Å²) in [4.78, 5) is 26.5. The van der Waals surface area contributed by atoms with E-state index in [0.29, 0.717) is 22.3 Å². The van der Waals surface area contributed by atoms with Crippen LogP contribution in [0.25, 0.3) is 22.3 Å². The molecule has 2 fully saturated rings. The second-order valence-electron chi connectivity index (χ2n) is 7.45. The van der Waals surface area contributed by atoms with Gasteiger partial charge >= 0.3 is 0 Å². The number of aromatic nitrogens is 3. The summed E-state index contributed by atoms with van der Waals surface area (Å²) in [6.45, 7) is 0. The van der Waals surface area contributed by atoms with E-state index < -0.39 is 5.60 Å². The lowest BCUT2D eigenvalue weighted by molar-refractivity contribution is -0.140. The summed E-state index contributed by atoms with van der Waals surface area (Å²) < 4.78 is 0. The van der Waals surface area contributed by atoms with Crippen molar-refractivity contribution >= 4 is 36.3 Å². The summed E-state index contributed by atoms with van der Waals surface area (Å²) >= 11 is 0. The van der Waals surface area contributed by atoms with Crippen LogP contribution in [0.4, 0.5) is 5.82 Å². The maximum absolute atomic E-state index is 12.3. The first-order chi connectivity index (χ1) is 13.9. The van der Waals surface area contributed by atoms with Crippen molar-refractivity contribution in [3.8, 4) is 23.1 Å². The molecule has 3 aromatic rings. The number of aliphatic hydroxyl groups is 1. The predicted octanol–water partition coefficient (Wildman–Crippen LogP) is 0.0109. The summed E-state index contributed by atoms with van der Waals surface area (Å²) in [6, 6.07) is 11.1. The van der Waals surface area contributed by atoms with Gasteiger partial charge in [-0.25, -0.2) is 15.0 Å². The molecule has 2 aliphatic rings. The van der Waals surface area contributed by atoms with Crippen LogP contribution >= 0.6 is 0 Å². The average molecular weight is 381 g/mol. The molecule has 0 spiro atoms. The van der Waals surface area contributed by atoms with Crippen LogP contribution in [0.5, 0.6) is 0 Å². The molecule has 1 aliphatic heterocycles. The lowest BCUT2D eigenvalue weighted by Crippen LogP contribution is -2.41. The highest BCUT2D eigenvalue weighted by atomic mass is 16.3. The van der Waals surface area contributed by atoms with Gasteiger partial charge in [0.1, 0.15) is 5.52 Å². The van der Waals surface area contributed by atoms with Gasteiger partial charge in [-0.3, -0.25) is 4.79 Å². The Morgan fingerprint density at radius 1 is 1.28 bits per heavy atom. The van der Waals surface area contributed by atoms with Crippen LogP contribution in [0, 0.1) is 17.8 Å². The number of nitrogen functional groups attached to an aromatic ring is 1. The Hall–Kier alpha value is -3.44. The third kappa shape index (κ3) is 2.74. The van der Waals surface area contributed by atoms with E-state index in [4.69, 9.17) is 13.6 Å². The molecule has 1 aromatic carbocycles. The van der Waals surface area contributed by atoms with Gasteiger partial charge in [0, 0.05) is 30.1 Å². The van der Waals surface area contributed by atoms with Crippen molar-refractivity contribution in [2.75, 3.05) is 12.8 Å². The van der Waals surface area contributed by atoms with E-state index in [1.165, 1.54) is 0 Å². The zero-order chi connectivity index (χ0) is 20.3. The number of carbonyl (C=O) groups is 1. The minimum atomic E-state index is -1.59. The van der Waals surface area contributed by atoms with Gasteiger partial charge in [-0.2, -0.15) is 0 Å². The number of fused-ring (bicyclic) bond motifs is 2. The Labute approximate surface area is 168 Å². The first kappa shape index (κ1) is 17.6. The van der Waals surface area contributed by atoms with Crippen molar-refractivity contribution in [1.82, 2.24) is 19.9 Å². The van der Waals surface area contributed by atoms with Crippen molar-refractivity contribution in [2.24, 2.45) is 5.92 Å². The fourth-order valence-corrected chi connectivity index (χ4v) is 3.92.